The lowest BCUT2D eigenvalue weighted by Crippen LogP contribution is -2.09. The van der Waals surface area contributed by atoms with Gasteiger partial charge in [0.25, 0.3) is 0 Å². The van der Waals surface area contributed by atoms with Gasteiger partial charge < -0.3 is 4.90 Å². The van der Waals surface area contributed by atoms with Crippen LogP contribution in [0.4, 0.5) is 17.1 Å². The van der Waals surface area contributed by atoms with E-state index < -0.39 is 0 Å². The van der Waals surface area contributed by atoms with E-state index in [1.807, 2.05) is 0 Å². The first-order chi connectivity index (χ1) is 31.0. The van der Waals surface area contributed by atoms with Crippen molar-refractivity contribution < 1.29 is 0 Å². The van der Waals surface area contributed by atoms with Gasteiger partial charge in [0.2, 0.25) is 0 Å². The molecule has 0 aliphatic heterocycles. The maximum Gasteiger partial charge on any atom is 0.0468 e. The van der Waals surface area contributed by atoms with E-state index in [-0.39, 0.29) is 0 Å². The van der Waals surface area contributed by atoms with Crippen LogP contribution in [0.25, 0.3) is 65.7 Å². The van der Waals surface area contributed by atoms with Crippen LogP contribution in [0.2, 0.25) is 0 Å². The van der Waals surface area contributed by atoms with Crippen LogP contribution >= 0.6 is 31.9 Å². The minimum absolute atomic E-state index is 1.06. The molecule has 1 nitrogen and oxygen atoms in total. The minimum atomic E-state index is 1.06. The molecule has 0 unspecified atom stereocenters. The van der Waals surface area contributed by atoms with Gasteiger partial charge >= 0.3 is 0 Å². The lowest BCUT2D eigenvalue weighted by molar-refractivity contribution is 0.667. The first-order valence-corrected chi connectivity index (χ1v) is 24.6. The van der Waals surface area contributed by atoms with Crippen molar-refractivity contribution in [3.05, 3.63) is 196 Å². The van der Waals surface area contributed by atoms with E-state index in [2.05, 4.69) is 227 Å². The summed E-state index contributed by atoms with van der Waals surface area (Å²) in [6, 6.07) is 66.0. The van der Waals surface area contributed by atoms with Gasteiger partial charge in [-0.05, 0) is 169 Å². The van der Waals surface area contributed by atoms with Gasteiger partial charge in [-0.2, -0.15) is 0 Å². The smallest absolute Gasteiger partial charge is 0.0468 e. The molecule has 9 rings (SSSR count). The number of hydrogen-bond acceptors (Lipinski definition) is 1. The van der Waals surface area contributed by atoms with Gasteiger partial charge in [-0.25, -0.2) is 0 Å². The molecular weight excluding hydrogens is 894 g/mol. The van der Waals surface area contributed by atoms with E-state index in [1.54, 1.807) is 0 Å². The summed E-state index contributed by atoms with van der Waals surface area (Å²) in [5.74, 6) is 0. The van der Waals surface area contributed by atoms with Crippen LogP contribution in [0.3, 0.4) is 0 Å². The molecular formula is C60H55Br2N. The van der Waals surface area contributed by atoms with Crippen LogP contribution in [0.5, 0.6) is 0 Å². The van der Waals surface area contributed by atoms with E-state index in [4.69, 9.17) is 0 Å². The van der Waals surface area contributed by atoms with Crippen molar-refractivity contribution in [3.63, 3.8) is 0 Å². The number of unbranched alkanes of at least 4 members (excludes halogenated alkanes) is 6. The average molecular weight is 950 g/mol. The number of halogens is 2. The molecule has 0 radical (unpaired) electrons. The summed E-state index contributed by atoms with van der Waals surface area (Å²) in [7, 11) is 0. The van der Waals surface area contributed by atoms with Crippen molar-refractivity contribution in [2.45, 2.75) is 78.1 Å². The fraction of sp³-hybridized carbons (Fsp3) is 0.200. The second kappa shape index (κ2) is 19.9. The second-order valence-electron chi connectivity index (χ2n) is 17.1. The van der Waals surface area contributed by atoms with Crippen LogP contribution < -0.4 is 4.90 Å². The van der Waals surface area contributed by atoms with E-state index in [0.29, 0.717) is 0 Å². The molecule has 314 valence electrons. The summed E-state index contributed by atoms with van der Waals surface area (Å²) in [6.07, 6.45) is 12.2. The highest BCUT2D eigenvalue weighted by molar-refractivity contribution is 9.10. The van der Waals surface area contributed by atoms with E-state index in [9.17, 15) is 0 Å². The molecule has 0 bridgehead atoms. The van der Waals surface area contributed by atoms with E-state index in [1.165, 1.54) is 128 Å². The minimum Gasteiger partial charge on any atom is -0.310 e. The Kier molecular flexibility index (Phi) is 13.5. The number of anilines is 3. The van der Waals surface area contributed by atoms with Gasteiger partial charge in [-0.15, -0.1) is 0 Å². The second-order valence-corrected chi connectivity index (χ2v) is 18.9. The van der Waals surface area contributed by atoms with Gasteiger partial charge in [0, 0.05) is 26.0 Å². The van der Waals surface area contributed by atoms with Crippen LogP contribution in [-0.4, -0.2) is 0 Å². The topological polar surface area (TPSA) is 3.24 Å². The normalized spacial score (nSPS) is 11.5. The standard InChI is InChI=1S/C60H55Br2N/c1-3-5-7-10-14-42-19-37-56-57(38-42)59(46-22-20-45(21-23-46)44-16-12-9-13-17-44)55-36-18-43(15-11-8-6-4-2)39-58(55)60(56)49-25-24-48-41-54(31-26-47(48)40-49)63(52-32-27-50(61)28-33-52)53-34-29-51(62)30-35-53/h9,12-13,16-41H,3-8,10-11,14-15H2,1-2H3. The van der Waals surface area contributed by atoms with Gasteiger partial charge in [-0.3, -0.25) is 0 Å². The molecule has 0 fully saturated rings. The Morgan fingerprint density at radius 1 is 0.349 bits per heavy atom. The molecule has 9 aromatic carbocycles. The first kappa shape index (κ1) is 42.8. The zero-order chi connectivity index (χ0) is 43.1. The molecule has 0 spiro atoms. The first-order valence-electron chi connectivity index (χ1n) is 23.0. The Morgan fingerprint density at radius 2 is 0.810 bits per heavy atom. The van der Waals surface area contributed by atoms with Crippen molar-refractivity contribution in [3.8, 4) is 33.4 Å². The Morgan fingerprint density at radius 3 is 1.37 bits per heavy atom. The lowest BCUT2D eigenvalue weighted by Gasteiger charge is -2.26. The molecule has 9 aromatic rings. The zero-order valence-electron chi connectivity index (χ0n) is 36.5. The summed E-state index contributed by atoms with van der Waals surface area (Å²) in [5.41, 5.74) is 13.9. The Hall–Kier alpha value is -5.48. The van der Waals surface area contributed by atoms with Crippen LogP contribution in [0.1, 0.15) is 76.3 Å². The number of fused-ring (bicyclic) bond motifs is 3. The van der Waals surface area contributed by atoms with E-state index in [0.717, 1.165) is 38.8 Å². The zero-order valence-corrected chi connectivity index (χ0v) is 39.7. The van der Waals surface area contributed by atoms with Gasteiger partial charge in [0.15, 0.2) is 0 Å². The quantitative estimate of drug-likeness (QED) is 0.0689. The largest absolute Gasteiger partial charge is 0.310 e. The molecule has 0 N–H and O–H groups in total. The number of nitrogens with zero attached hydrogens (tertiary/aromatic N) is 1. The third kappa shape index (κ3) is 9.57. The predicted molar refractivity (Wildman–Crippen MR) is 281 cm³/mol. The fourth-order valence-corrected chi connectivity index (χ4v) is 9.91. The molecule has 0 saturated carbocycles. The Balaban J connectivity index is 1.21. The highest BCUT2D eigenvalue weighted by Crippen LogP contribution is 2.46. The number of hydrogen-bond donors (Lipinski definition) is 0. The van der Waals surface area contributed by atoms with E-state index >= 15 is 0 Å². The highest BCUT2D eigenvalue weighted by Gasteiger charge is 2.20. The molecule has 63 heavy (non-hydrogen) atoms. The summed E-state index contributed by atoms with van der Waals surface area (Å²) < 4.78 is 2.13. The third-order valence-corrected chi connectivity index (χ3v) is 13.8. The summed E-state index contributed by atoms with van der Waals surface area (Å²) >= 11 is 7.29. The molecule has 0 heterocycles. The summed E-state index contributed by atoms with van der Waals surface area (Å²) in [6.45, 7) is 4.59. The number of rotatable bonds is 16. The molecule has 0 amide bonds. The van der Waals surface area contributed by atoms with Crippen LogP contribution in [0, 0.1) is 0 Å². The van der Waals surface area contributed by atoms with Crippen molar-refractivity contribution >= 4 is 81.2 Å². The fourth-order valence-electron chi connectivity index (χ4n) is 9.38. The van der Waals surface area contributed by atoms with Gasteiger partial charge in [0.1, 0.15) is 0 Å². The average Bonchev–Trinajstić information content (AvgIpc) is 3.32. The van der Waals surface area contributed by atoms with Crippen LogP contribution in [0.15, 0.2) is 185 Å². The Bertz CT molecular complexity index is 2920. The number of benzene rings is 9. The molecule has 0 aliphatic rings. The third-order valence-electron chi connectivity index (χ3n) is 12.7. The monoisotopic (exact) mass is 947 g/mol. The molecule has 0 atom stereocenters. The molecule has 0 aromatic heterocycles. The van der Waals surface area contributed by atoms with Crippen molar-refractivity contribution in [1.29, 1.82) is 0 Å². The van der Waals surface area contributed by atoms with Gasteiger partial charge in [0.05, 0.1) is 0 Å². The van der Waals surface area contributed by atoms with Gasteiger partial charge in [-0.1, -0.05) is 193 Å². The van der Waals surface area contributed by atoms with Crippen molar-refractivity contribution in [1.82, 2.24) is 0 Å². The molecule has 0 saturated heterocycles. The Labute approximate surface area is 391 Å². The SMILES string of the molecule is CCCCCCc1ccc2c(-c3ccc4cc(N(c5ccc(Br)cc5)c5ccc(Br)cc5)ccc4c3)c3cc(CCCCCC)ccc3c(-c3ccc(-c4ccccc4)cc3)c2c1. The van der Waals surface area contributed by atoms with Crippen molar-refractivity contribution in [2.24, 2.45) is 0 Å². The molecule has 0 aliphatic carbocycles. The van der Waals surface area contributed by atoms with Crippen LogP contribution in [-0.2, 0) is 12.8 Å². The molecule has 3 heteroatoms. The maximum absolute atomic E-state index is 3.65. The lowest BCUT2D eigenvalue weighted by atomic mass is 9.83. The number of aryl methyl sites for hydroxylation is 2. The summed E-state index contributed by atoms with van der Waals surface area (Å²) in [4.78, 5) is 2.33. The maximum atomic E-state index is 3.65. The highest BCUT2D eigenvalue weighted by atomic mass is 79.9. The summed E-state index contributed by atoms with van der Waals surface area (Å²) in [5, 5.41) is 7.75. The predicted octanol–water partition coefficient (Wildman–Crippen LogP) is 19.4. The van der Waals surface area contributed by atoms with Crippen molar-refractivity contribution in [2.75, 3.05) is 4.90 Å².